The van der Waals surface area contributed by atoms with Crippen molar-refractivity contribution in [1.29, 1.82) is 0 Å². The van der Waals surface area contributed by atoms with Crippen LogP contribution in [0.4, 0.5) is 0 Å². The van der Waals surface area contributed by atoms with Gasteiger partial charge in [0.05, 0.1) is 0 Å². The molecule has 0 heterocycles. The summed E-state index contributed by atoms with van der Waals surface area (Å²) < 4.78 is 11.3. The predicted molar refractivity (Wildman–Crippen MR) is 95.0 cm³/mol. The van der Waals surface area contributed by atoms with Gasteiger partial charge in [-0.25, -0.2) is 0 Å². The molecule has 4 heteroatoms. The summed E-state index contributed by atoms with van der Waals surface area (Å²) in [5.74, 6) is 0.916. The first-order valence-electron chi connectivity index (χ1n) is 8.03. The molecule has 2 aromatic rings. The molecule has 124 valence electrons. The van der Waals surface area contributed by atoms with Gasteiger partial charge in [0.25, 0.3) is 0 Å². The summed E-state index contributed by atoms with van der Waals surface area (Å²) in [7, 11) is 0. The van der Waals surface area contributed by atoms with Crippen LogP contribution in [0.25, 0.3) is 0 Å². The van der Waals surface area contributed by atoms with Gasteiger partial charge >= 0.3 is 0 Å². The molecule has 3 nitrogen and oxygen atoms in total. The van der Waals surface area contributed by atoms with E-state index in [0.29, 0.717) is 6.61 Å². The van der Waals surface area contributed by atoms with E-state index in [1.807, 2.05) is 49.4 Å². The van der Waals surface area contributed by atoms with Gasteiger partial charge in [0.1, 0.15) is 12.4 Å². The lowest BCUT2D eigenvalue weighted by atomic mass is 10.2. The van der Waals surface area contributed by atoms with Gasteiger partial charge in [-0.3, -0.25) is 0 Å². The van der Waals surface area contributed by atoms with Crippen LogP contribution in [0, 0.1) is 0 Å². The van der Waals surface area contributed by atoms with Crippen molar-refractivity contribution in [3.05, 3.63) is 64.7 Å². The second kappa shape index (κ2) is 10.3. The molecule has 0 aliphatic carbocycles. The van der Waals surface area contributed by atoms with Gasteiger partial charge in [-0.15, -0.1) is 0 Å². The highest BCUT2D eigenvalue weighted by Crippen LogP contribution is 2.19. The first-order chi connectivity index (χ1) is 11.3. The molecule has 0 aliphatic rings. The summed E-state index contributed by atoms with van der Waals surface area (Å²) in [4.78, 5) is 0. The van der Waals surface area contributed by atoms with Crippen LogP contribution in [-0.4, -0.2) is 19.8 Å². The van der Waals surface area contributed by atoms with Gasteiger partial charge in [0.15, 0.2) is 0 Å². The monoisotopic (exact) mass is 333 g/mol. The van der Waals surface area contributed by atoms with Crippen LogP contribution in [0.2, 0.25) is 5.02 Å². The first kappa shape index (κ1) is 17.8. The van der Waals surface area contributed by atoms with Gasteiger partial charge in [-0.05, 0) is 43.7 Å². The second-order valence-corrected chi connectivity index (χ2v) is 5.69. The van der Waals surface area contributed by atoms with E-state index < -0.39 is 0 Å². The maximum Gasteiger partial charge on any atom is 0.124 e. The highest BCUT2D eigenvalue weighted by atomic mass is 35.5. The Morgan fingerprint density at radius 3 is 2.61 bits per heavy atom. The zero-order valence-corrected chi connectivity index (χ0v) is 14.3. The van der Waals surface area contributed by atoms with Crippen molar-refractivity contribution in [3.63, 3.8) is 0 Å². The fraction of sp³-hybridized carbons (Fsp3) is 0.368. The van der Waals surface area contributed by atoms with E-state index in [9.17, 15) is 0 Å². The molecular weight excluding hydrogens is 310 g/mol. The summed E-state index contributed by atoms with van der Waals surface area (Å²) >= 11 is 5.90. The fourth-order valence-corrected chi connectivity index (χ4v) is 2.33. The maximum absolute atomic E-state index is 5.95. The van der Waals surface area contributed by atoms with Crippen molar-refractivity contribution >= 4 is 11.6 Å². The lowest BCUT2D eigenvalue weighted by Crippen LogP contribution is -2.17. The molecule has 0 aromatic heterocycles. The quantitative estimate of drug-likeness (QED) is 0.652. The van der Waals surface area contributed by atoms with Gasteiger partial charge in [-0.1, -0.05) is 41.9 Å². The Hall–Kier alpha value is -1.55. The maximum atomic E-state index is 5.95. The highest BCUT2D eigenvalue weighted by Gasteiger charge is 2.03. The minimum atomic E-state index is 0.540. The third-order valence-corrected chi connectivity index (χ3v) is 3.69. The molecule has 2 aromatic carbocycles. The summed E-state index contributed by atoms with van der Waals surface area (Å²) in [5, 5.41) is 4.17. The minimum absolute atomic E-state index is 0.540. The van der Waals surface area contributed by atoms with Gasteiger partial charge < -0.3 is 14.8 Å². The Morgan fingerprint density at radius 2 is 1.83 bits per heavy atom. The number of hydrogen-bond acceptors (Lipinski definition) is 3. The molecule has 0 amide bonds. The Bertz CT molecular complexity index is 572. The van der Waals surface area contributed by atoms with E-state index in [2.05, 4.69) is 11.4 Å². The van der Waals surface area contributed by atoms with Crippen molar-refractivity contribution in [2.45, 2.75) is 26.5 Å². The van der Waals surface area contributed by atoms with Crippen LogP contribution in [-0.2, 0) is 17.9 Å². The van der Waals surface area contributed by atoms with Crippen LogP contribution in [0.1, 0.15) is 24.5 Å². The smallest absolute Gasteiger partial charge is 0.124 e. The molecule has 0 saturated carbocycles. The SMILES string of the molecule is CCOCCCNCc1ccccc1OCc1ccc(Cl)cc1. The van der Waals surface area contributed by atoms with E-state index >= 15 is 0 Å². The number of ether oxygens (including phenoxy) is 2. The van der Waals surface area contributed by atoms with E-state index in [-0.39, 0.29) is 0 Å². The molecule has 0 saturated heterocycles. The third kappa shape index (κ3) is 6.61. The van der Waals surface area contributed by atoms with Crippen molar-refractivity contribution < 1.29 is 9.47 Å². The molecule has 0 atom stereocenters. The van der Waals surface area contributed by atoms with Crippen molar-refractivity contribution in [3.8, 4) is 5.75 Å². The largest absolute Gasteiger partial charge is 0.489 e. The summed E-state index contributed by atoms with van der Waals surface area (Å²) in [5.41, 5.74) is 2.27. The Morgan fingerprint density at radius 1 is 1.04 bits per heavy atom. The number of halogens is 1. The Balaban J connectivity index is 1.81. The molecule has 0 spiro atoms. The van der Waals surface area contributed by atoms with E-state index in [4.69, 9.17) is 21.1 Å². The molecule has 0 aliphatic heterocycles. The molecule has 0 unspecified atom stereocenters. The summed E-state index contributed by atoms with van der Waals surface area (Å²) in [6.45, 7) is 5.87. The number of hydrogen-bond donors (Lipinski definition) is 1. The van der Waals surface area contributed by atoms with Crippen molar-refractivity contribution in [2.24, 2.45) is 0 Å². The standard InChI is InChI=1S/C19H24ClNO2/c1-2-22-13-5-12-21-14-17-6-3-4-7-19(17)23-15-16-8-10-18(20)11-9-16/h3-4,6-11,21H,2,5,12-15H2,1H3. The molecule has 0 radical (unpaired) electrons. The Kier molecular flexibility index (Phi) is 7.95. The highest BCUT2D eigenvalue weighted by molar-refractivity contribution is 6.30. The number of rotatable bonds is 10. The lowest BCUT2D eigenvalue weighted by molar-refractivity contribution is 0.144. The average molecular weight is 334 g/mol. The van der Waals surface area contributed by atoms with Crippen LogP contribution >= 0.6 is 11.6 Å². The van der Waals surface area contributed by atoms with Gasteiger partial charge in [0, 0.05) is 30.3 Å². The fourth-order valence-electron chi connectivity index (χ4n) is 2.20. The van der Waals surface area contributed by atoms with E-state index in [1.165, 1.54) is 0 Å². The second-order valence-electron chi connectivity index (χ2n) is 5.25. The molecule has 1 N–H and O–H groups in total. The van der Waals surface area contributed by atoms with Crippen LogP contribution in [0.3, 0.4) is 0 Å². The van der Waals surface area contributed by atoms with Crippen LogP contribution < -0.4 is 10.1 Å². The topological polar surface area (TPSA) is 30.5 Å². The zero-order chi connectivity index (χ0) is 16.3. The third-order valence-electron chi connectivity index (χ3n) is 3.44. The normalized spacial score (nSPS) is 10.7. The van der Waals surface area contributed by atoms with Crippen LogP contribution in [0.5, 0.6) is 5.75 Å². The molecule has 0 bridgehead atoms. The van der Waals surface area contributed by atoms with E-state index in [1.54, 1.807) is 0 Å². The lowest BCUT2D eigenvalue weighted by Gasteiger charge is -2.12. The number of benzene rings is 2. The van der Waals surface area contributed by atoms with Gasteiger partial charge in [-0.2, -0.15) is 0 Å². The average Bonchev–Trinajstić information content (AvgIpc) is 2.58. The molecule has 23 heavy (non-hydrogen) atoms. The minimum Gasteiger partial charge on any atom is -0.489 e. The van der Waals surface area contributed by atoms with E-state index in [0.717, 1.165) is 54.6 Å². The molecule has 0 fully saturated rings. The van der Waals surface area contributed by atoms with Gasteiger partial charge in [0.2, 0.25) is 0 Å². The van der Waals surface area contributed by atoms with Crippen molar-refractivity contribution in [2.75, 3.05) is 19.8 Å². The molecular formula is C19H24ClNO2. The Labute approximate surface area is 143 Å². The van der Waals surface area contributed by atoms with Crippen molar-refractivity contribution in [1.82, 2.24) is 5.32 Å². The number of nitrogens with one attached hydrogen (secondary N) is 1. The molecule has 2 rings (SSSR count). The number of para-hydroxylation sites is 1. The zero-order valence-electron chi connectivity index (χ0n) is 13.6. The predicted octanol–water partition coefficient (Wildman–Crippen LogP) is 4.44. The first-order valence-corrected chi connectivity index (χ1v) is 8.41. The van der Waals surface area contributed by atoms with Crippen LogP contribution in [0.15, 0.2) is 48.5 Å². The summed E-state index contributed by atoms with van der Waals surface area (Å²) in [6.07, 6.45) is 1.02. The summed E-state index contributed by atoms with van der Waals surface area (Å²) in [6, 6.07) is 15.9.